The lowest BCUT2D eigenvalue weighted by Crippen LogP contribution is -2.37. The summed E-state index contributed by atoms with van der Waals surface area (Å²) in [6.45, 7) is 3.51. The molecule has 1 saturated heterocycles. The highest BCUT2D eigenvalue weighted by molar-refractivity contribution is 5.77. The van der Waals surface area contributed by atoms with Gasteiger partial charge in [0.05, 0.1) is 11.0 Å². The molecule has 3 heterocycles. The second-order valence-corrected chi connectivity index (χ2v) is 8.16. The van der Waals surface area contributed by atoms with Crippen LogP contribution in [-0.4, -0.2) is 47.0 Å². The van der Waals surface area contributed by atoms with Crippen molar-refractivity contribution in [3.05, 3.63) is 36.2 Å². The van der Waals surface area contributed by atoms with Crippen LogP contribution in [0.25, 0.3) is 11.0 Å². The molecular weight excluding hydrogens is 336 g/mol. The van der Waals surface area contributed by atoms with Gasteiger partial charge in [0, 0.05) is 45.0 Å². The van der Waals surface area contributed by atoms with Gasteiger partial charge >= 0.3 is 0 Å². The normalized spacial score (nSPS) is 21.9. The average Bonchev–Trinajstić information content (AvgIpc) is 2.95. The zero-order valence-electron chi connectivity index (χ0n) is 16.1. The van der Waals surface area contributed by atoms with Gasteiger partial charge < -0.3 is 10.2 Å². The van der Waals surface area contributed by atoms with Crippen molar-refractivity contribution in [1.82, 2.24) is 20.2 Å². The summed E-state index contributed by atoms with van der Waals surface area (Å²) in [5, 5.41) is 3.52. The molecule has 5 nitrogen and oxygen atoms in total. The third-order valence-corrected chi connectivity index (χ3v) is 6.10. The summed E-state index contributed by atoms with van der Waals surface area (Å²) in [7, 11) is 0. The predicted octanol–water partition coefficient (Wildman–Crippen LogP) is 3.19. The highest BCUT2D eigenvalue weighted by Crippen LogP contribution is 2.27. The smallest absolute Gasteiger partial charge is 0.222 e. The molecule has 2 fully saturated rings. The maximum absolute atomic E-state index is 12.9. The van der Waals surface area contributed by atoms with Gasteiger partial charge in [-0.25, -0.2) is 0 Å². The summed E-state index contributed by atoms with van der Waals surface area (Å²) >= 11 is 0. The molecule has 27 heavy (non-hydrogen) atoms. The predicted molar refractivity (Wildman–Crippen MR) is 107 cm³/mol. The maximum atomic E-state index is 12.9. The zero-order valence-corrected chi connectivity index (χ0v) is 16.1. The minimum atomic E-state index is 0.355. The van der Waals surface area contributed by atoms with Crippen molar-refractivity contribution < 1.29 is 4.79 Å². The van der Waals surface area contributed by atoms with Crippen molar-refractivity contribution in [2.45, 2.75) is 44.9 Å². The maximum Gasteiger partial charge on any atom is 0.222 e. The first-order chi connectivity index (χ1) is 13.3. The molecule has 0 spiro atoms. The van der Waals surface area contributed by atoms with E-state index >= 15 is 0 Å². The Morgan fingerprint density at radius 1 is 1.11 bits per heavy atom. The fourth-order valence-corrected chi connectivity index (χ4v) is 4.63. The summed E-state index contributed by atoms with van der Waals surface area (Å²) < 4.78 is 0. The second kappa shape index (κ2) is 8.79. The van der Waals surface area contributed by atoms with Crippen molar-refractivity contribution in [1.29, 1.82) is 0 Å². The van der Waals surface area contributed by atoms with Crippen LogP contribution in [0.5, 0.6) is 0 Å². The van der Waals surface area contributed by atoms with Gasteiger partial charge in [0.2, 0.25) is 5.91 Å². The molecular formula is C22H30N4O. The third kappa shape index (κ3) is 4.64. The summed E-state index contributed by atoms with van der Waals surface area (Å²) in [6, 6.07) is 6.02. The Morgan fingerprint density at radius 3 is 2.89 bits per heavy atom. The number of carbonyl (C=O) groups is 1. The molecule has 5 heteroatoms. The van der Waals surface area contributed by atoms with Crippen molar-refractivity contribution in [3.63, 3.8) is 0 Å². The molecule has 0 bridgehead atoms. The molecule has 2 aliphatic rings. The Morgan fingerprint density at radius 2 is 2.00 bits per heavy atom. The first kappa shape index (κ1) is 18.4. The first-order valence-corrected chi connectivity index (χ1v) is 10.5. The van der Waals surface area contributed by atoms with Crippen LogP contribution < -0.4 is 5.32 Å². The number of rotatable bonds is 4. The molecule has 2 aromatic heterocycles. The van der Waals surface area contributed by atoms with Gasteiger partial charge in [0.1, 0.15) is 0 Å². The fraction of sp³-hybridized carbons (Fsp3) is 0.591. The van der Waals surface area contributed by atoms with Gasteiger partial charge in [-0.15, -0.1) is 0 Å². The van der Waals surface area contributed by atoms with Crippen LogP contribution in [0.4, 0.5) is 0 Å². The number of hydrogen-bond acceptors (Lipinski definition) is 4. The molecule has 1 atom stereocenters. The summed E-state index contributed by atoms with van der Waals surface area (Å²) in [4.78, 5) is 24.0. The molecule has 1 aliphatic carbocycles. The van der Waals surface area contributed by atoms with Gasteiger partial charge in [-0.3, -0.25) is 14.8 Å². The van der Waals surface area contributed by atoms with Crippen LogP contribution >= 0.6 is 0 Å². The molecule has 1 aliphatic heterocycles. The SMILES string of the molecule is O=C(CC1CCCCC1)N1CCNC[C@H](Cc2ccnc3cccnc23)C1. The van der Waals surface area contributed by atoms with Gasteiger partial charge in [0.25, 0.3) is 0 Å². The number of fused-ring (bicyclic) bond motifs is 1. The van der Waals surface area contributed by atoms with E-state index in [0.717, 1.165) is 50.1 Å². The largest absolute Gasteiger partial charge is 0.341 e. The Bertz CT molecular complexity index is 767. The minimum Gasteiger partial charge on any atom is -0.341 e. The Labute approximate surface area is 161 Å². The van der Waals surface area contributed by atoms with Crippen LogP contribution in [0, 0.1) is 11.8 Å². The van der Waals surface area contributed by atoms with Crippen LogP contribution in [0.3, 0.4) is 0 Å². The average molecular weight is 367 g/mol. The van der Waals surface area contributed by atoms with Gasteiger partial charge in [-0.2, -0.15) is 0 Å². The number of carbonyl (C=O) groups excluding carboxylic acids is 1. The second-order valence-electron chi connectivity index (χ2n) is 8.16. The summed E-state index contributed by atoms with van der Waals surface area (Å²) in [5.74, 6) is 1.37. The number of aromatic nitrogens is 2. The highest BCUT2D eigenvalue weighted by atomic mass is 16.2. The molecule has 4 rings (SSSR count). The molecule has 1 saturated carbocycles. The lowest BCUT2D eigenvalue weighted by atomic mass is 9.86. The molecule has 2 aromatic rings. The first-order valence-electron chi connectivity index (χ1n) is 10.5. The van der Waals surface area contributed by atoms with Gasteiger partial charge in [0.15, 0.2) is 0 Å². The Hall–Kier alpha value is -2.01. The number of nitrogens with one attached hydrogen (secondary N) is 1. The van der Waals surface area contributed by atoms with Crippen LogP contribution in [0.1, 0.15) is 44.1 Å². The summed E-state index contributed by atoms with van der Waals surface area (Å²) in [5.41, 5.74) is 3.17. The molecule has 0 aromatic carbocycles. The molecule has 1 N–H and O–H groups in total. The summed E-state index contributed by atoms with van der Waals surface area (Å²) in [6.07, 6.45) is 11.8. The topological polar surface area (TPSA) is 58.1 Å². The number of amides is 1. The lowest BCUT2D eigenvalue weighted by molar-refractivity contribution is -0.132. The monoisotopic (exact) mass is 366 g/mol. The molecule has 0 radical (unpaired) electrons. The molecule has 144 valence electrons. The quantitative estimate of drug-likeness (QED) is 0.903. The van der Waals surface area contributed by atoms with Gasteiger partial charge in [-0.05, 0) is 54.9 Å². The van der Waals surface area contributed by atoms with Crippen molar-refractivity contribution >= 4 is 16.9 Å². The van der Waals surface area contributed by atoms with Crippen molar-refractivity contribution in [3.8, 4) is 0 Å². The van der Waals surface area contributed by atoms with E-state index in [9.17, 15) is 4.79 Å². The molecule has 1 amide bonds. The van der Waals surface area contributed by atoms with E-state index in [1.54, 1.807) is 0 Å². The van der Waals surface area contributed by atoms with Crippen molar-refractivity contribution in [2.24, 2.45) is 11.8 Å². The van der Waals surface area contributed by atoms with Crippen LogP contribution in [-0.2, 0) is 11.2 Å². The zero-order chi connectivity index (χ0) is 18.5. The van der Waals surface area contributed by atoms with E-state index in [4.69, 9.17) is 0 Å². The van der Waals surface area contributed by atoms with E-state index in [0.29, 0.717) is 17.7 Å². The number of hydrogen-bond donors (Lipinski definition) is 1. The van der Waals surface area contributed by atoms with E-state index < -0.39 is 0 Å². The van der Waals surface area contributed by atoms with E-state index in [-0.39, 0.29) is 0 Å². The highest BCUT2D eigenvalue weighted by Gasteiger charge is 2.25. The molecule has 0 unspecified atom stereocenters. The van der Waals surface area contributed by atoms with E-state index in [1.165, 1.54) is 37.7 Å². The number of pyridine rings is 2. The lowest BCUT2D eigenvalue weighted by Gasteiger charge is -2.27. The van der Waals surface area contributed by atoms with E-state index in [1.807, 2.05) is 24.5 Å². The third-order valence-electron chi connectivity index (χ3n) is 6.10. The Kier molecular flexibility index (Phi) is 5.97. The van der Waals surface area contributed by atoms with Crippen molar-refractivity contribution in [2.75, 3.05) is 26.2 Å². The standard InChI is InChI=1S/C22H30N4O/c27-21(14-17-5-2-1-3-6-17)26-12-11-23-15-18(16-26)13-19-8-10-24-20-7-4-9-25-22(19)20/h4,7-10,17-18,23H,1-3,5-6,11-16H2/t18-/m0/s1. The number of nitrogens with zero attached hydrogens (tertiary/aromatic N) is 3. The fourth-order valence-electron chi connectivity index (χ4n) is 4.63. The minimum absolute atomic E-state index is 0.355. The van der Waals surface area contributed by atoms with Gasteiger partial charge in [-0.1, -0.05) is 19.3 Å². The Balaban J connectivity index is 1.42. The van der Waals surface area contributed by atoms with Crippen LogP contribution in [0.15, 0.2) is 30.6 Å². The van der Waals surface area contributed by atoms with Crippen LogP contribution in [0.2, 0.25) is 0 Å². The van der Waals surface area contributed by atoms with E-state index in [2.05, 4.69) is 26.3 Å².